The summed E-state index contributed by atoms with van der Waals surface area (Å²) in [6.07, 6.45) is 7.63. The van der Waals surface area contributed by atoms with E-state index in [0.717, 1.165) is 12.8 Å². The van der Waals surface area contributed by atoms with E-state index in [1.807, 2.05) is 23.0 Å². The van der Waals surface area contributed by atoms with Gasteiger partial charge in [0.05, 0.1) is 10.5 Å². The summed E-state index contributed by atoms with van der Waals surface area (Å²) in [6, 6.07) is 0.694. The molecular formula is C18H23NO4S2. The molecular weight excluding hydrogens is 358 g/mol. The number of carbonyl (C=O) groups is 1. The second kappa shape index (κ2) is 6.02. The van der Waals surface area contributed by atoms with Gasteiger partial charge in [-0.15, -0.1) is 23.5 Å². The Morgan fingerprint density at radius 2 is 1.72 bits per heavy atom. The van der Waals surface area contributed by atoms with Crippen LogP contribution in [0.1, 0.15) is 25.7 Å². The van der Waals surface area contributed by atoms with E-state index in [-0.39, 0.29) is 16.6 Å². The van der Waals surface area contributed by atoms with E-state index in [4.69, 9.17) is 9.47 Å². The Bertz CT molecular complexity index is 583. The van der Waals surface area contributed by atoms with E-state index in [1.165, 1.54) is 0 Å². The van der Waals surface area contributed by atoms with Crippen LogP contribution in [-0.4, -0.2) is 69.5 Å². The van der Waals surface area contributed by atoms with Gasteiger partial charge < -0.3 is 14.6 Å². The number of thioether (sulfide) groups is 2. The summed E-state index contributed by atoms with van der Waals surface area (Å²) in [5, 5.41) is 15.1. The van der Waals surface area contributed by atoms with E-state index < -0.39 is 11.6 Å². The lowest BCUT2D eigenvalue weighted by atomic mass is 9.90. The molecule has 0 amide bonds. The molecule has 3 fully saturated rings. The topological polar surface area (TPSA) is 62.3 Å². The number of carbonyl (C=O) groups excluding carboxylic acids is 1. The maximum atomic E-state index is 13.1. The van der Waals surface area contributed by atoms with E-state index in [2.05, 4.69) is 11.9 Å². The minimum absolute atomic E-state index is 0.111. The molecule has 6 unspecified atom stereocenters. The normalized spacial score (nSPS) is 46.9. The number of hydrogen-bond donors (Lipinski definition) is 1. The zero-order valence-corrected chi connectivity index (χ0v) is 15.7. The van der Waals surface area contributed by atoms with Crippen LogP contribution in [-0.2, 0) is 14.3 Å². The number of nitrogens with zero attached hydrogens (tertiary/aromatic N) is 1. The number of ether oxygens (including phenoxy) is 2. The third-order valence-electron chi connectivity index (χ3n) is 6.34. The lowest BCUT2D eigenvalue weighted by Crippen LogP contribution is -2.57. The first-order valence-corrected chi connectivity index (χ1v) is 10.9. The van der Waals surface area contributed by atoms with Crippen molar-refractivity contribution in [3.63, 3.8) is 0 Å². The van der Waals surface area contributed by atoms with Crippen LogP contribution >= 0.6 is 23.5 Å². The van der Waals surface area contributed by atoms with Crippen molar-refractivity contribution in [3.05, 3.63) is 23.0 Å². The van der Waals surface area contributed by atoms with Crippen molar-refractivity contribution in [1.29, 1.82) is 0 Å². The average Bonchev–Trinajstić information content (AvgIpc) is 2.97. The molecule has 5 nitrogen and oxygen atoms in total. The van der Waals surface area contributed by atoms with Crippen LogP contribution in [0.3, 0.4) is 0 Å². The number of likely N-dealkylation sites (N-methyl/N-ethyl adjacent to an activating group) is 1. The van der Waals surface area contributed by atoms with Gasteiger partial charge in [-0.25, -0.2) is 4.79 Å². The fourth-order valence-electron chi connectivity index (χ4n) is 4.85. The Morgan fingerprint density at radius 3 is 2.20 bits per heavy atom. The van der Waals surface area contributed by atoms with Crippen LogP contribution in [0.25, 0.3) is 0 Å². The molecule has 0 aromatic heterocycles. The van der Waals surface area contributed by atoms with Gasteiger partial charge in [0.2, 0.25) is 0 Å². The van der Waals surface area contributed by atoms with Crippen molar-refractivity contribution < 1.29 is 19.4 Å². The molecule has 136 valence electrons. The molecule has 5 aliphatic rings. The van der Waals surface area contributed by atoms with Crippen LogP contribution in [0.5, 0.6) is 0 Å². The maximum Gasteiger partial charge on any atom is 0.340 e. The number of epoxide rings is 1. The van der Waals surface area contributed by atoms with E-state index in [9.17, 15) is 9.90 Å². The smallest absolute Gasteiger partial charge is 0.340 e. The second-order valence-electron chi connectivity index (χ2n) is 7.65. The number of allylic oxidation sites excluding steroid dienone is 2. The molecule has 3 saturated heterocycles. The Hall–Kier alpha value is -0.470. The van der Waals surface area contributed by atoms with Gasteiger partial charge in [0.1, 0.15) is 18.3 Å². The first kappa shape index (κ1) is 16.7. The van der Waals surface area contributed by atoms with Crippen molar-refractivity contribution in [1.82, 2.24) is 4.90 Å². The number of esters is 1. The van der Waals surface area contributed by atoms with Gasteiger partial charge in [0, 0.05) is 24.9 Å². The average molecular weight is 382 g/mol. The number of hydrogen-bond acceptors (Lipinski definition) is 7. The number of aliphatic hydroxyl groups is 1. The standard InChI is InChI=1S/C18H23NO4S2/c1-19-11-8-10(9-12(19)16-15(11)23-16)22-17(20)18(21,13-4-2-6-24-13)14-5-3-7-25-14/h2-3,6-7,10-16,21H,4-5,8-9H2,1H3. The second-order valence-corrected chi connectivity index (χ2v) is 9.88. The van der Waals surface area contributed by atoms with Gasteiger partial charge >= 0.3 is 5.97 Å². The maximum absolute atomic E-state index is 13.1. The molecule has 2 bridgehead atoms. The van der Waals surface area contributed by atoms with Gasteiger partial charge in [-0.05, 0) is 30.7 Å². The predicted molar refractivity (Wildman–Crippen MR) is 98.3 cm³/mol. The molecule has 0 saturated carbocycles. The third kappa shape index (κ3) is 2.54. The predicted octanol–water partition coefficient (Wildman–Crippen LogP) is 1.91. The third-order valence-corrected chi connectivity index (χ3v) is 8.80. The van der Waals surface area contributed by atoms with Crippen molar-refractivity contribution >= 4 is 29.5 Å². The fraction of sp³-hybridized carbons (Fsp3) is 0.722. The zero-order chi connectivity index (χ0) is 17.2. The Labute approximate surface area is 156 Å². The van der Waals surface area contributed by atoms with Gasteiger partial charge in [-0.3, -0.25) is 4.90 Å². The molecule has 7 heteroatoms. The summed E-state index contributed by atoms with van der Waals surface area (Å²) >= 11 is 3.09. The SMILES string of the molecule is CN1C2CC(OC(=O)C(O)(C3CC=CS3)C3CC=CS3)CC1C1OC12. The summed E-state index contributed by atoms with van der Waals surface area (Å²) in [7, 11) is 2.14. The lowest BCUT2D eigenvalue weighted by molar-refractivity contribution is -0.175. The number of fused-ring (bicyclic) bond motifs is 5. The van der Waals surface area contributed by atoms with Crippen LogP contribution in [0.2, 0.25) is 0 Å². The fourth-order valence-corrected chi connectivity index (χ4v) is 7.14. The Morgan fingerprint density at radius 1 is 1.16 bits per heavy atom. The molecule has 0 aliphatic carbocycles. The summed E-state index contributed by atoms with van der Waals surface area (Å²) in [4.78, 5) is 15.5. The van der Waals surface area contributed by atoms with Gasteiger partial charge in [0.25, 0.3) is 0 Å². The highest BCUT2D eigenvalue weighted by molar-refractivity contribution is 8.04. The summed E-state index contributed by atoms with van der Waals surface area (Å²) < 4.78 is 11.6. The largest absolute Gasteiger partial charge is 0.460 e. The zero-order valence-electron chi connectivity index (χ0n) is 14.1. The quantitative estimate of drug-likeness (QED) is 0.589. The first-order valence-electron chi connectivity index (χ1n) is 9.01. The minimum atomic E-state index is -1.44. The van der Waals surface area contributed by atoms with E-state index >= 15 is 0 Å². The van der Waals surface area contributed by atoms with Crippen molar-refractivity contribution in [3.8, 4) is 0 Å². The van der Waals surface area contributed by atoms with Gasteiger partial charge in [-0.2, -0.15) is 0 Å². The Kier molecular flexibility index (Phi) is 4.02. The first-order chi connectivity index (χ1) is 12.1. The van der Waals surface area contributed by atoms with E-state index in [1.54, 1.807) is 23.5 Å². The van der Waals surface area contributed by atoms with Crippen LogP contribution < -0.4 is 0 Å². The molecule has 25 heavy (non-hydrogen) atoms. The number of rotatable bonds is 4. The molecule has 0 aromatic rings. The molecule has 0 aromatic carbocycles. The van der Waals surface area contributed by atoms with Crippen molar-refractivity contribution in [2.24, 2.45) is 0 Å². The van der Waals surface area contributed by atoms with Crippen LogP contribution in [0.4, 0.5) is 0 Å². The van der Waals surface area contributed by atoms with Crippen LogP contribution in [0, 0.1) is 0 Å². The molecule has 5 rings (SSSR count). The van der Waals surface area contributed by atoms with E-state index in [0.29, 0.717) is 37.1 Å². The summed E-state index contributed by atoms with van der Waals surface area (Å²) in [5.41, 5.74) is -1.44. The lowest BCUT2D eigenvalue weighted by Gasteiger charge is -2.41. The molecule has 5 heterocycles. The summed E-state index contributed by atoms with van der Waals surface area (Å²) in [6.45, 7) is 0. The van der Waals surface area contributed by atoms with Gasteiger partial charge in [-0.1, -0.05) is 12.2 Å². The monoisotopic (exact) mass is 381 g/mol. The number of piperidine rings is 1. The summed E-state index contributed by atoms with van der Waals surface area (Å²) in [5.74, 6) is -0.432. The van der Waals surface area contributed by atoms with Crippen molar-refractivity contribution in [2.45, 2.75) is 72.2 Å². The molecule has 5 aliphatic heterocycles. The highest BCUT2D eigenvalue weighted by atomic mass is 32.2. The number of morpholine rings is 1. The molecule has 0 radical (unpaired) electrons. The molecule has 1 N–H and O–H groups in total. The van der Waals surface area contributed by atoms with Gasteiger partial charge in [0.15, 0.2) is 5.60 Å². The molecule has 6 atom stereocenters. The Balaban J connectivity index is 1.31. The minimum Gasteiger partial charge on any atom is -0.460 e. The highest BCUT2D eigenvalue weighted by Gasteiger charge is 2.63. The highest BCUT2D eigenvalue weighted by Crippen LogP contribution is 2.49. The van der Waals surface area contributed by atoms with Crippen LogP contribution in [0.15, 0.2) is 23.0 Å². The van der Waals surface area contributed by atoms with Crippen molar-refractivity contribution in [2.75, 3.05) is 7.05 Å². The molecule has 0 spiro atoms.